The number of piperidine rings is 1. The molecule has 3 heterocycles. The van der Waals surface area contributed by atoms with Gasteiger partial charge in [-0.15, -0.1) is 11.3 Å². The molecule has 3 rings (SSSR count). The summed E-state index contributed by atoms with van der Waals surface area (Å²) in [5, 5.41) is 6.20. The number of amides is 1. The molecule has 1 aromatic heterocycles. The number of hydrogen-bond donors (Lipinski definition) is 1. The fourth-order valence-electron chi connectivity index (χ4n) is 3.52. The molecule has 0 spiro atoms. The van der Waals surface area contributed by atoms with Crippen LogP contribution < -0.4 is 10.2 Å². The van der Waals surface area contributed by atoms with E-state index in [1.165, 1.54) is 38.6 Å². The van der Waals surface area contributed by atoms with Crippen LogP contribution in [0.15, 0.2) is 5.38 Å². The molecule has 1 amide bonds. The van der Waals surface area contributed by atoms with Crippen molar-refractivity contribution in [3.8, 4) is 0 Å². The Morgan fingerprint density at radius 1 is 1.30 bits per heavy atom. The summed E-state index contributed by atoms with van der Waals surface area (Å²) in [6.07, 6.45) is 7.95. The van der Waals surface area contributed by atoms with Crippen molar-refractivity contribution in [2.24, 2.45) is 0 Å². The molecule has 2 aliphatic rings. The van der Waals surface area contributed by atoms with Gasteiger partial charge < -0.3 is 15.1 Å². The number of thiazole rings is 1. The first-order valence-corrected chi connectivity index (χ1v) is 9.76. The molecule has 0 aromatic carbocycles. The third-order valence-electron chi connectivity index (χ3n) is 5.01. The maximum absolute atomic E-state index is 12.1. The Bertz CT molecular complexity index is 512. The van der Waals surface area contributed by atoms with Gasteiger partial charge >= 0.3 is 0 Å². The van der Waals surface area contributed by atoms with E-state index in [1.54, 1.807) is 11.3 Å². The number of nitrogens with one attached hydrogen (secondary N) is 1. The second-order valence-electron chi connectivity index (χ2n) is 6.76. The fourth-order valence-corrected chi connectivity index (χ4v) is 4.39. The molecular formula is C17H28N4OS. The van der Waals surface area contributed by atoms with Crippen LogP contribution in [0.5, 0.6) is 0 Å². The van der Waals surface area contributed by atoms with Gasteiger partial charge in [0.1, 0.15) is 0 Å². The number of anilines is 1. The van der Waals surface area contributed by atoms with Crippen molar-refractivity contribution >= 4 is 22.4 Å². The molecule has 2 fully saturated rings. The number of nitrogens with zero attached hydrogens (tertiary/aromatic N) is 3. The van der Waals surface area contributed by atoms with E-state index >= 15 is 0 Å². The van der Waals surface area contributed by atoms with Crippen LogP contribution in [0, 0.1) is 0 Å². The predicted molar refractivity (Wildman–Crippen MR) is 94.9 cm³/mol. The van der Waals surface area contributed by atoms with E-state index in [0.29, 0.717) is 19.0 Å². The van der Waals surface area contributed by atoms with E-state index in [0.717, 1.165) is 30.3 Å². The summed E-state index contributed by atoms with van der Waals surface area (Å²) in [4.78, 5) is 21.5. The zero-order chi connectivity index (χ0) is 16.1. The van der Waals surface area contributed by atoms with Crippen LogP contribution in [0.4, 0.5) is 5.13 Å². The Hall–Kier alpha value is -1.14. The summed E-state index contributed by atoms with van der Waals surface area (Å²) in [6.45, 7) is 3.97. The second-order valence-corrected chi connectivity index (χ2v) is 7.60. The van der Waals surface area contributed by atoms with E-state index in [-0.39, 0.29) is 5.91 Å². The minimum absolute atomic E-state index is 0.152. The van der Waals surface area contributed by atoms with Crippen LogP contribution in [-0.2, 0) is 11.3 Å². The molecule has 0 radical (unpaired) electrons. The molecule has 6 heteroatoms. The summed E-state index contributed by atoms with van der Waals surface area (Å²) in [5.41, 5.74) is 0.986. The maximum atomic E-state index is 12.1. The standard InChI is InChI=1S/C17H28N4OS/c1-20-9-3-2-6-15(20)7-8-16(22)18-12-14-13-23-17(19-14)21-10-4-5-11-21/h13,15H,2-12H2,1H3,(H,18,22). The zero-order valence-electron chi connectivity index (χ0n) is 14.1. The Morgan fingerprint density at radius 3 is 2.87 bits per heavy atom. The fraction of sp³-hybridized carbons (Fsp3) is 0.765. The SMILES string of the molecule is CN1CCCCC1CCC(=O)NCc1csc(N2CCCC2)n1. The molecule has 2 aliphatic heterocycles. The van der Waals surface area contributed by atoms with Gasteiger partial charge in [0.2, 0.25) is 5.91 Å². The highest BCUT2D eigenvalue weighted by Gasteiger charge is 2.20. The average molecular weight is 337 g/mol. The molecule has 1 N–H and O–H groups in total. The molecule has 1 atom stereocenters. The van der Waals surface area contributed by atoms with E-state index in [1.807, 2.05) is 0 Å². The lowest BCUT2D eigenvalue weighted by molar-refractivity contribution is -0.121. The van der Waals surface area contributed by atoms with Crippen LogP contribution in [0.2, 0.25) is 0 Å². The molecule has 0 bridgehead atoms. The topological polar surface area (TPSA) is 48.5 Å². The van der Waals surface area contributed by atoms with Gasteiger partial charge in [0.15, 0.2) is 5.13 Å². The van der Waals surface area contributed by atoms with Crippen LogP contribution in [0.25, 0.3) is 0 Å². The van der Waals surface area contributed by atoms with Crippen molar-refractivity contribution in [1.82, 2.24) is 15.2 Å². The molecule has 128 valence electrons. The van der Waals surface area contributed by atoms with E-state index < -0.39 is 0 Å². The first kappa shape index (κ1) is 16.7. The van der Waals surface area contributed by atoms with Crippen molar-refractivity contribution in [3.05, 3.63) is 11.1 Å². The maximum Gasteiger partial charge on any atom is 0.220 e. The molecule has 0 saturated carbocycles. The van der Waals surface area contributed by atoms with Crippen LogP contribution >= 0.6 is 11.3 Å². The third kappa shape index (κ3) is 4.67. The average Bonchev–Trinajstić information content (AvgIpc) is 3.23. The Kier molecular flexibility index (Phi) is 5.89. The van der Waals surface area contributed by atoms with Crippen LogP contribution in [-0.4, -0.2) is 48.5 Å². The Morgan fingerprint density at radius 2 is 2.09 bits per heavy atom. The largest absolute Gasteiger partial charge is 0.350 e. The molecular weight excluding hydrogens is 308 g/mol. The quantitative estimate of drug-likeness (QED) is 0.867. The lowest BCUT2D eigenvalue weighted by Crippen LogP contribution is -2.37. The van der Waals surface area contributed by atoms with Gasteiger partial charge in [-0.1, -0.05) is 6.42 Å². The Labute approximate surface area is 143 Å². The summed E-state index contributed by atoms with van der Waals surface area (Å²) < 4.78 is 0. The van der Waals surface area contributed by atoms with Gasteiger partial charge in [-0.3, -0.25) is 4.79 Å². The zero-order valence-corrected chi connectivity index (χ0v) is 14.9. The van der Waals surface area contributed by atoms with Gasteiger partial charge in [-0.25, -0.2) is 4.98 Å². The predicted octanol–water partition coefficient (Wildman–Crippen LogP) is 2.62. The Balaban J connectivity index is 1.38. The number of rotatable bonds is 6. The van der Waals surface area contributed by atoms with Crippen LogP contribution in [0.3, 0.4) is 0 Å². The number of carbonyl (C=O) groups is 1. The highest BCUT2D eigenvalue weighted by atomic mass is 32.1. The minimum atomic E-state index is 0.152. The van der Waals surface area contributed by atoms with Crippen molar-refractivity contribution in [2.75, 3.05) is 31.6 Å². The number of likely N-dealkylation sites (tertiary alicyclic amines) is 1. The smallest absolute Gasteiger partial charge is 0.220 e. The molecule has 23 heavy (non-hydrogen) atoms. The van der Waals surface area contributed by atoms with Crippen LogP contribution in [0.1, 0.15) is 50.6 Å². The van der Waals surface area contributed by atoms with Gasteiger partial charge in [0.25, 0.3) is 0 Å². The van der Waals surface area contributed by atoms with Crippen molar-refractivity contribution in [2.45, 2.75) is 57.5 Å². The van der Waals surface area contributed by atoms with Crippen molar-refractivity contribution in [1.29, 1.82) is 0 Å². The first-order chi connectivity index (χ1) is 11.2. The van der Waals surface area contributed by atoms with E-state index in [2.05, 4.69) is 32.5 Å². The highest BCUT2D eigenvalue weighted by Crippen LogP contribution is 2.24. The monoisotopic (exact) mass is 336 g/mol. The number of hydrogen-bond acceptors (Lipinski definition) is 5. The van der Waals surface area contributed by atoms with E-state index in [9.17, 15) is 4.79 Å². The van der Waals surface area contributed by atoms with Crippen molar-refractivity contribution in [3.63, 3.8) is 0 Å². The van der Waals surface area contributed by atoms with Gasteiger partial charge in [0, 0.05) is 30.9 Å². The lowest BCUT2D eigenvalue weighted by atomic mass is 9.98. The normalized spacial score (nSPS) is 22.5. The summed E-state index contributed by atoms with van der Waals surface area (Å²) >= 11 is 1.69. The third-order valence-corrected chi connectivity index (χ3v) is 5.96. The second kappa shape index (κ2) is 8.11. The van der Waals surface area contributed by atoms with E-state index in [4.69, 9.17) is 0 Å². The summed E-state index contributed by atoms with van der Waals surface area (Å²) in [7, 11) is 2.18. The molecule has 1 unspecified atom stereocenters. The van der Waals surface area contributed by atoms with Gasteiger partial charge in [-0.2, -0.15) is 0 Å². The molecule has 2 saturated heterocycles. The minimum Gasteiger partial charge on any atom is -0.350 e. The first-order valence-electron chi connectivity index (χ1n) is 8.88. The number of aromatic nitrogens is 1. The van der Waals surface area contributed by atoms with Gasteiger partial charge in [0.05, 0.1) is 12.2 Å². The molecule has 1 aromatic rings. The number of carbonyl (C=O) groups excluding carboxylic acids is 1. The van der Waals surface area contributed by atoms with Crippen molar-refractivity contribution < 1.29 is 4.79 Å². The molecule has 0 aliphatic carbocycles. The lowest BCUT2D eigenvalue weighted by Gasteiger charge is -2.32. The van der Waals surface area contributed by atoms with Gasteiger partial charge in [-0.05, 0) is 45.7 Å². The molecule has 5 nitrogen and oxygen atoms in total. The highest BCUT2D eigenvalue weighted by molar-refractivity contribution is 7.13. The summed E-state index contributed by atoms with van der Waals surface area (Å²) in [5.74, 6) is 0.152. The summed E-state index contributed by atoms with van der Waals surface area (Å²) in [6, 6.07) is 0.579.